The smallest absolute Gasteiger partial charge is 0.350 e. The Morgan fingerprint density at radius 3 is 1.76 bits per heavy atom. The van der Waals surface area contributed by atoms with Gasteiger partial charge in [-0.25, -0.2) is 11.1 Å². The van der Waals surface area contributed by atoms with Crippen molar-refractivity contribution in [3.05, 3.63) is 175 Å². The van der Waals surface area contributed by atoms with Gasteiger partial charge < -0.3 is 10.1 Å². The van der Waals surface area contributed by atoms with Crippen molar-refractivity contribution >= 4 is 17.1 Å². The Bertz CT molecular complexity index is 1470. The Labute approximate surface area is 257 Å². The molecule has 5 aromatic rings. The second-order valence-electron chi connectivity index (χ2n) is 8.92. The summed E-state index contributed by atoms with van der Waals surface area (Å²) in [6.45, 7) is 0. The van der Waals surface area contributed by atoms with E-state index in [2.05, 4.69) is 23.2 Å². The largest absolute Gasteiger partial charge is 0.507 e. The first-order valence-corrected chi connectivity index (χ1v) is 13.2. The first-order chi connectivity index (χ1) is 19.7. The summed E-state index contributed by atoms with van der Waals surface area (Å²) in [4.78, 5) is 14.1. The molecule has 4 aromatic carbocycles. The normalized spacial score (nSPS) is 11.9. The molecular weight excluding hydrogens is 685 g/mol. The van der Waals surface area contributed by atoms with Gasteiger partial charge in [-0.2, -0.15) is 54.1 Å². The number of carbonyl (C=O) groups excluding carboxylic acids is 1. The Balaban J connectivity index is 0.000000172. The van der Waals surface area contributed by atoms with Crippen LogP contribution in [-0.2, 0) is 21.1 Å². The van der Waals surface area contributed by atoms with E-state index in [9.17, 15) is 9.90 Å². The zero-order valence-electron chi connectivity index (χ0n) is 22.6. The molecule has 0 saturated carbocycles. The van der Waals surface area contributed by atoms with Crippen LogP contribution in [0.25, 0.3) is 22.5 Å². The molecule has 0 aliphatic heterocycles. The van der Waals surface area contributed by atoms with Crippen molar-refractivity contribution in [1.29, 1.82) is 0 Å². The van der Waals surface area contributed by atoms with Crippen molar-refractivity contribution in [1.82, 2.24) is 4.98 Å². The summed E-state index contributed by atoms with van der Waals surface area (Å²) >= 11 is 0. The number of hydrogen-bond donors (Lipinski definition) is 1. The molecule has 1 aliphatic carbocycles. The van der Waals surface area contributed by atoms with Crippen molar-refractivity contribution in [2.45, 2.75) is 19.3 Å². The van der Waals surface area contributed by atoms with E-state index in [0.29, 0.717) is 11.1 Å². The zero-order chi connectivity index (χ0) is 27.8. The van der Waals surface area contributed by atoms with Crippen molar-refractivity contribution in [3.8, 4) is 11.1 Å². The molecule has 0 radical (unpaired) electrons. The summed E-state index contributed by atoms with van der Waals surface area (Å²) in [5, 5.41) is 9.83. The Kier molecular flexibility index (Phi) is 13.2. The predicted molar refractivity (Wildman–Crippen MR) is 164 cm³/mol. The van der Waals surface area contributed by atoms with E-state index < -0.39 is 0 Å². The molecule has 1 heterocycles. The minimum atomic E-state index is 0. The number of aliphatic hydroxyl groups excluding tert-OH is 1. The fraction of sp³-hybridized carbons (Fsp3) is 0.0811. The summed E-state index contributed by atoms with van der Waals surface area (Å²) < 4.78 is 0. The molecule has 3 nitrogen and oxygen atoms in total. The van der Waals surface area contributed by atoms with Gasteiger partial charge in [-0.05, 0) is 18.2 Å². The minimum absolute atomic E-state index is 0. The second kappa shape index (κ2) is 17.4. The number of aromatic nitrogens is 1. The molecule has 0 amide bonds. The first kappa shape index (κ1) is 31.2. The van der Waals surface area contributed by atoms with Crippen LogP contribution in [0.3, 0.4) is 0 Å². The SMILES string of the molecule is O/C(=C\C(=[OH+])c1ccccc1)c1ccccc1.[C-]1=C(c2ccccn2)CCC1.[Pt].[c-]1ccccc1-c1[c-]cccc1. The molecule has 41 heavy (non-hydrogen) atoms. The maximum Gasteiger partial charge on any atom is 0.350 e. The molecule has 0 fully saturated rings. The van der Waals surface area contributed by atoms with Gasteiger partial charge in [0, 0.05) is 32.8 Å². The molecule has 2 N–H and O–H groups in total. The average Bonchev–Trinajstić information content (AvgIpc) is 3.59. The number of hydrogen-bond acceptors (Lipinski definition) is 2. The molecule has 0 spiro atoms. The quantitative estimate of drug-likeness (QED) is 0.0652. The third-order valence-electron chi connectivity index (χ3n) is 6.04. The van der Waals surface area contributed by atoms with Crippen molar-refractivity contribution in [2.75, 3.05) is 0 Å². The predicted octanol–water partition coefficient (Wildman–Crippen LogP) is 8.58. The number of allylic oxidation sites excluding steroid dienone is 3. The van der Waals surface area contributed by atoms with Crippen LogP contribution in [0, 0.1) is 18.2 Å². The number of nitrogens with zero attached hydrogens (tertiary/aromatic N) is 1. The van der Waals surface area contributed by atoms with E-state index in [1.165, 1.54) is 18.1 Å². The third-order valence-corrected chi connectivity index (χ3v) is 6.04. The molecule has 1 aliphatic rings. The summed E-state index contributed by atoms with van der Waals surface area (Å²) in [6.07, 6.45) is 10.0. The molecule has 1 aromatic heterocycles. The maximum atomic E-state index is 9.83. The van der Waals surface area contributed by atoms with E-state index in [-0.39, 0.29) is 32.6 Å². The van der Waals surface area contributed by atoms with Gasteiger partial charge in [0.2, 0.25) is 0 Å². The van der Waals surface area contributed by atoms with E-state index in [1.807, 2.05) is 109 Å². The third kappa shape index (κ3) is 10.3. The Morgan fingerprint density at radius 1 is 0.707 bits per heavy atom. The molecule has 208 valence electrons. The number of rotatable bonds is 5. The maximum absolute atomic E-state index is 9.83. The van der Waals surface area contributed by atoms with Crippen LogP contribution >= 0.6 is 0 Å². The van der Waals surface area contributed by atoms with Crippen LogP contribution in [0.2, 0.25) is 0 Å². The second-order valence-corrected chi connectivity index (χ2v) is 8.92. The van der Waals surface area contributed by atoms with Crippen molar-refractivity contribution in [2.24, 2.45) is 0 Å². The Hall–Kier alpha value is -4.33. The van der Waals surface area contributed by atoms with E-state index in [1.54, 1.807) is 24.3 Å². The summed E-state index contributed by atoms with van der Waals surface area (Å²) in [5.74, 6) is 0.0962. The van der Waals surface area contributed by atoms with Crippen LogP contribution in [0.15, 0.2) is 140 Å². The van der Waals surface area contributed by atoms with Gasteiger partial charge in [-0.3, -0.25) is 10.9 Å². The average molecular weight is 717 g/mol. The Morgan fingerprint density at radius 2 is 1.27 bits per heavy atom. The van der Waals surface area contributed by atoms with Crippen LogP contribution in [0.5, 0.6) is 0 Å². The number of pyridine rings is 1. The standard InChI is InChI=1S/C15H12O2.C12H8.C10H10N.Pt/c16-14(12-7-3-1-4-8-12)11-15(17)13-9-5-2-6-10-13;1-3-7-11(8-4-1)12-9-5-2-6-10-12;1-2-6-9(5-1)10-7-3-4-8-11-10;/h1-11,16H;1-7,9H;3-4,7-8H,1-2,5H2;/q;-2;-1;/p+1/b14-11-;;;. The molecule has 0 unspecified atom stereocenters. The minimum Gasteiger partial charge on any atom is -0.507 e. The summed E-state index contributed by atoms with van der Waals surface area (Å²) in [5.41, 5.74) is 5.94. The van der Waals surface area contributed by atoms with E-state index in [4.69, 9.17) is 0 Å². The van der Waals surface area contributed by atoms with Crippen molar-refractivity contribution < 1.29 is 31.0 Å². The van der Waals surface area contributed by atoms with Gasteiger partial charge >= 0.3 is 5.78 Å². The van der Waals surface area contributed by atoms with Crippen LogP contribution in [0.4, 0.5) is 0 Å². The van der Waals surface area contributed by atoms with Gasteiger partial charge in [0.05, 0.1) is 11.6 Å². The number of aliphatic hydroxyl groups is 1. The van der Waals surface area contributed by atoms with Gasteiger partial charge in [0.15, 0.2) is 0 Å². The number of ketones is 1. The van der Waals surface area contributed by atoms with Crippen LogP contribution in [-0.4, -0.2) is 20.7 Å². The molecule has 0 saturated heterocycles. The topological polar surface area (TPSA) is 54.5 Å². The van der Waals surface area contributed by atoms with Crippen molar-refractivity contribution in [3.63, 3.8) is 0 Å². The van der Waals surface area contributed by atoms with Gasteiger partial charge in [0.1, 0.15) is 5.76 Å². The van der Waals surface area contributed by atoms with Gasteiger partial charge in [-0.15, -0.1) is 24.6 Å². The molecular formula is C37H31NO2Pt-2. The monoisotopic (exact) mass is 716 g/mol. The van der Waals surface area contributed by atoms with Crippen LogP contribution < -0.4 is 0 Å². The summed E-state index contributed by atoms with van der Waals surface area (Å²) in [6, 6.07) is 46.4. The first-order valence-electron chi connectivity index (χ1n) is 13.2. The fourth-order valence-corrected chi connectivity index (χ4v) is 3.99. The van der Waals surface area contributed by atoms with Crippen LogP contribution in [0.1, 0.15) is 36.1 Å². The van der Waals surface area contributed by atoms with Gasteiger partial charge in [-0.1, -0.05) is 73.1 Å². The van der Waals surface area contributed by atoms with Gasteiger partial charge in [0.25, 0.3) is 0 Å². The zero-order valence-corrected chi connectivity index (χ0v) is 24.8. The van der Waals surface area contributed by atoms with E-state index >= 15 is 0 Å². The molecule has 0 bridgehead atoms. The fourth-order valence-electron chi connectivity index (χ4n) is 3.99. The summed E-state index contributed by atoms with van der Waals surface area (Å²) in [7, 11) is 0. The molecule has 4 heteroatoms. The number of benzene rings is 4. The molecule has 6 rings (SSSR count). The molecule has 0 atom stereocenters. The van der Waals surface area contributed by atoms with E-state index in [0.717, 1.165) is 29.7 Å².